The number of nitriles is 2. The van der Waals surface area contributed by atoms with Gasteiger partial charge in [-0.3, -0.25) is 14.9 Å². The van der Waals surface area contributed by atoms with Gasteiger partial charge in [0.05, 0.1) is 16.2 Å². The Morgan fingerprint density at radius 1 is 1.17 bits per heavy atom. The van der Waals surface area contributed by atoms with E-state index in [0.29, 0.717) is 16.8 Å². The number of hydrogen-bond acceptors (Lipinski definition) is 6. The number of hydrogen-bond donors (Lipinski definition) is 1. The smallest absolute Gasteiger partial charge is 0.271 e. The summed E-state index contributed by atoms with van der Waals surface area (Å²) in [4.78, 5) is 23.4. The molecule has 2 heterocycles. The fourth-order valence-electron chi connectivity index (χ4n) is 3.72. The van der Waals surface area contributed by atoms with Crippen LogP contribution in [0.15, 0.2) is 48.7 Å². The van der Waals surface area contributed by atoms with Crippen molar-refractivity contribution in [2.24, 2.45) is 0 Å². The van der Waals surface area contributed by atoms with E-state index in [1.165, 1.54) is 25.1 Å². The normalized spacial score (nSPS) is 13.2. The van der Waals surface area contributed by atoms with Crippen molar-refractivity contribution in [3.05, 3.63) is 75.5 Å². The quantitative estimate of drug-likeness (QED) is 0.400. The Labute approximate surface area is 171 Å². The minimum atomic E-state index is -1.78. The van der Waals surface area contributed by atoms with Gasteiger partial charge in [-0.05, 0) is 25.5 Å². The van der Waals surface area contributed by atoms with Crippen LogP contribution in [0.1, 0.15) is 28.4 Å². The van der Waals surface area contributed by atoms with Crippen LogP contribution in [0.3, 0.4) is 0 Å². The molecule has 0 bridgehead atoms. The van der Waals surface area contributed by atoms with Gasteiger partial charge in [-0.15, -0.1) is 0 Å². The molecule has 0 radical (unpaired) electrons. The maximum absolute atomic E-state index is 12.6. The lowest BCUT2D eigenvalue weighted by Gasteiger charge is -2.31. The summed E-state index contributed by atoms with van der Waals surface area (Å²) in [5, 5.41) is 33.9. The fraction of sp³-hybridized carbons (Fsp3) is 0.136. The van der Waals surface area contributed by atoms with E-state index in [4.69, 9.17) is 0 Å². The minimum Gasteiger partial charge on any atom is -0.337 e. The van der Waals surface area contributed by atoms with Crippen molar-refractivity contribution in [3.63, 3.8) is 0 Å². The Morgan fingerprint density at radius 2 is 1.83 bits per heavy atom. The van der Waals surface area contributed by atoms with Gasteiger partial charge < -0.3 is 9.88 Å². The second-order valence-electron chi connectivity index (χ2n) is 7.12. The Kier molecular flexibility index (Phi) is 4.14. The molecule has 1 N–H and O–H groups in total. The number of nitrogens with one attached hydrogen (secondary N) is 1. The lowest BCUT2D eigenvalue weighted by atomic mass is 9.89. The molecule has 3 aromatic rings. The Morgan fingerprint density at radius 3 is 2.40 bits per heavy atom. The molecule has 8 nitrogen and oxygen atoms in total. The van der Waals surface area contributed by atoms with Crippen molar-refractivity contribution in [1.82, 2.24) is 4.57 Å². The van der Waals surface area contributed by atoms with Gasteiger partial charge in [-0.25, -0.2) is 0 Å². The number of benzene rings is 2. The van der Waals surface area contributed by atoms with Gasteiger partial charge in [0.15, 0.2) is 5.78 Å². The SMILES string of the molecule is CC(=O)c1c(-c2ccc(C)cc2)cn2c1NC(C#N)(C#N)c1ccc([N+](=O)[O-])cc1-2. The molecule has 4 rings (SSSR count). The highest BCUT2D eigenvalue weighted by atomic mass is 16.6. The monoisotopic (exact) mass is 397 g/mol. The van der Waals surface area contributed by atoms with Crippen LogP contribution in [0.25, 0.3) is 16.8 Å². The highest BCUT2D eigenvalue weighted by Gasteiger charge is 2.42. The van der Waals surface area contributed by atoms with Crippen molar-refractivity contribution in [3.8, 4) is 29.0 Å². The number of nitrogens with zero attached hydrogens (tertiary/aromatic N) is 4. The number of non-ortho nitro benzene ring substituents is 1. The average molecular weight is 397 g/mol. The molecule has 146 valence electrons. The minimum absolute atomic E-state index is 0.179. The molecule has 0 fully saturated rings. The molecule has 0 spiro atoms. The lowest BCUT2D eigenvalue weighted by Crippen LogP contribution is -2.38. The number of anilines is 1. The van der Waals surface area contributed by atoms with Crippen LogP contribution < -0.4 is 5.32 Å². The Hall–Kier alpha value is -4.43. The summed E-state index contributed by atoms with van der Waals surface area (Å²) in [6.45, 7) is 3.35. The first-order valence-corrected chi connectivity index (χ1v) is 9.04. The maximum atomic E-state index is 12.6. The molecule has 0 amide bonds. The number of aromatic nitrogens is 1. The molecule has 0 aliphatic carbocycles. The van der Waals surface area contributed by atoms with Crippen LogP contribution in [0, 0.1) is 39.7 Å². The molecule has 0 saturated heterocycles. The summed E-state index contributed by atoms with van der Waals surface area (Å²) in [6, 6.07) is 15.5. The van der Waals surface area contributed by atoms with E-state index in [1.807, 2.05) is 43.3 Å². The first kappa shape index (κ1) is 18.9. The molecule has 1 aromatic heterocycles. The van der Waals surface area contributed by atoms with Crippen molar-refractivity contribution < 1.29 is 9.72 Å². The molecule has 0 atom stereocenters. The third-order valence-corrected chi connectivity index (χ3v) is 5.22. The van der Waals surface area contributed by atoms with Gasteiger partial charge in [-0.2, -0.15) is 10.5 Å². The van der Waals surface area contributed by atoms with Crippen LogP contribution in [0.5, 0.6) is 0 Å². The highest BCUT2D eigenvalue weighted by Crippen LogP contribution is 2.44. The topological polar surface area (TPSA) is 125 Å². The molecule has 1 aliphatic rings. The van der Waals surface area contributed by atoms with Crippen LogP contribution in [0.2, 0.25) is 0 Å². The summed E-state index contributed by atoms with van der Waals surface area (Å²) in [5.41, 5.74) is 1.38. The summed E-state index contributed by atoms with van der Waals surface area (Å²) in [6.07, 6.45) is 1.70. The van der Waals surface area contributed by atoms with Gasteiger partial charge in [0.2, 0.25) is 5.54 Å². The maximum Gasteiger partial charge on any atom is 0.271 e. The van der Waals surface area contributed by atoms with E-state index in [2.05, 4.69) is 5.32 Å². The number of nitro groups is 1. The number of carbonyl (C=O) groups excluding carboxylic acids is 1. The standard InChI is InChI=1S/C22H15N5O3/c1-13-3-5-15(6-4-13)17-10-26-19-9-16(27(29)30)7-8-18(19)22(11-23,12-24)25-21(26)20(17)14(2)28/h3-10,25H,1-2H3. The van der Waals surface area contributed by atoms with Gasteiger partial charge >= 0.3 is 0 Å². The van der Waals surface area contributed by atoms with Gasteiger partial charge in [0.1, 0.15) is 18.0 Å². The zero-order valence-electron chi connectivity index (χ0n) is 16.1. The van der Waals surface area contributed by atoms with Crippen LogP contribution in [-0.2, 0) is 5.54 Å². The van der Waals surface area contributed by atoms with Crippen molar-refractivity contribution >= 4 is 17.3 Å². The lowest BCUT2D eigenvalue weighted by molar-refractivity contribution is -0.384. The summed E-state index contributed by atoms with van der Waals surface area (Å²) in [7, 11) is 0. The molecule has 0 unspecified atom stereocenters. The molecule has 2 aromatic carbocycles. The molecular formula is C22H15N5O3. The van der Waals surface area contributed by atoms with Crippen molar-refractivity contribution in [2.45, 2.75) is 19.4 Å². The van der Waals surface area contributed by atoms with Crippen molar-refractivity contribution in [1.29, 1.82) is 10.5 Å². The average Bonchev–Trinajstić information content (AvgIpc) is 3.12. The second-order valence-corrected chi connectivity index (χ2v) is 7.12. The van der Waals surface area contributed by atoms with E-state index in [-0.39, 0.29) is 22.9 Å². The summed E-state index contributed by atoms with van der Waals surface area (Å²) < 4.78 is 1.60. The Bertz CT molecular complexity index is 1290. The van der Waals surface area contributed by atoms with Crippen LogP contribution in [0.4, 0.5) is 11.5 Å². The molecule has 30 heavy (non-hydrogen) atoms. The molecular weight excluding hydrogens is 382 g/mol. The fourth-order valence-corrected chi connectivity index (χ4v) is 3.72. The third kappa shape index (κ3) is 2.63. The molecule has 1 aliphatic heterocycles. The zero-order valence-corrected chi connectivity index (χ0v) is 16.1. The largest absolute Gasteiger partial charge is 0.337 e. The number of ketones is 1. The first-order valence-electron chi connectivity index (χ1n) is 9.04. The van der Waals surface area contributed by atoms with Crippen LogP contribution >= 0.6 is 0 Å². The number of nitro benzene ring substituents is 1. The van der Waals surface area contributed by atoms with E-state index in [9.17, 15) is 25.4 Å². The summed E-state index contributed by atoms with van der Waals surface area (Å²) >= 11 is 0. The van der Waals surface area contributed by atoms with Gasteiger partial charge in [-0.1, -0.05) is 29.8 Å². The Balaban J connectivity index is 2.08. The first-order chi connectivity index (χ1) is 14.3. The van der Waals surface area contributed by atoms with E-state index in [1.54, 1.807) is 10.8 Å². The van der Waals surface area contributed by atoms with E-state index < -0.39 is 10.5 Å². The summed E-state index contributed by atoms with van der Waals surface area (Å²) in [5.74, 6) is -0.000316. The van der Waals surface area contributed by atoms with Gasteiger partial charge in [0, 0.05) is 29.5 Å². The number of Topliss-reactive ketones (excluding diaryl/α,β-unsaturated/α-hetero) is 1. The predicted octanol–water partition coefficient (Wildman–Crippen LogP) is 4.23. The van der Waals surface area contributed by atoms with E-state index >= 15 is 0 Å². The second kappa shape index (κ2) is 6.57. The number of rotatable bonds is 3. The van der Waals surface area contributed by atoms with Gasteiger partial charge in [0.25, 0.3) is 5.69 Å². The number of fused-ring (bicyclic) bond motifs is 3. The predicted molar refractivity (Wildman–Crippen MR) is 109 cm³/mol. The number of carbonyl (C=O) groups is 1. The molecule has 0 saturated carbocycles. The highest BCUT2D eigenvalue weighted by molar-refractivity contribution is 6.06. The third-order valence-electron chi connectivity index (χ3n) is 5.22. The van der Waals surface area contributed by atoms with Crippen molar-refractivity contribution in [2.75, 3.05) is 5.32 Å². The van der Waals surface area contributed by atoms with E-state index in [0.717, 1.165) is 11.1 Å². The zero-order chi connectivity index (χ0) is 21.6. The molecule has 8 heteroatoms. The van der Waals surface area contributed by atoms with Crippen LogP contribution in [-0.4, -0.2) is 15.3 Å². The number of aryl methyl sites for hydroxylation is 1.